The van der Waals surface area contributed by atoms with Crippen molar-refractivity contribution in [3.05, 3.63) is 33.1 Å². The fraction of sp³-hybridized carbons (Fsp3) is 0.545. The van der Waals surface area contributed by atoms with Gasteiger partial charge in [0, 0.05) is 18.3 Å². The lowest BCUT2D eigenvalue weighted by molar-refractivity contribution is -0.148. The van der Waals surface area contributed by atoms with Crippen molar-refractivity contribution in [2.45, 2.75) is 37.3 Å². The normalized spacial score (nSPS) is 23.4. The van der Waals surface area contributed by atoms with Gasteiger partial charge in [0.15, 0.2) is 0 Å². The van der Waals surface area contributed by atoms with Gasteiger partial charge in [0.05, 0.1) is 6.10 Å². The molecule has 122 valence electrons. The van der Waals surface area contributed by atoms with Crippen LogP contribution in [-0.2, 0) is 14.1 Å². The SMILES string of the molecule is O=C(O)C(O[C@@H]1CC[C@H](n2ccc(=O)[nH]c2=O)C1)P(=O)(O)O. The lowest BCUT2D eigenvalue weighted by atomic mass is 10.2. The van der Waals surface area contributed by atoms with Crippen molar-refractivity contribution in [3.8, 4) is 0 Å². The van der Waals surface area contributed by atoms with Crippen molar-refractivity contribution in [1.82, 2.24) is 9.55 Å². The number of H-pyrrole nitrogens is 1. The quantitative estimate of drug-likeness (QED) is 0.511. The monoisotopic (exact) mass is 334 g/mol. The summed E-state index contributed by atoms with van der Waals surface area (Å²) in [5.74, 6) is -3.96. The summed E-state index contributed by atoms with van der Waals surface area (Å²) in [6.45, 7) is 0. The molecule has 4 N–H and O–H groups in total. The molecule has 22 heavy (non-hydrogen) atoms. The molecule has 2 rings (SSSR count). The summed E-state index contributed by atoms with van der Waals surface area (Å²) >= 11 is 0. The molecular weight excluding hydrogens is 319 g/mol. The Labute approximate surface area is 123 Å². The van der Waals surface area contributed by atoms with Gasteiger partial charge in [-0.05, 0) is 19.3 Å². The van der Waals surface area contributed by atoms with Gasteiger partial charge in [-0.15, -0.1) is 0 Å². The molecule has 0 aliphatic heterocycles. The molecule has 10 nitrogen and oxygen atoms in total. The molecule has 1 aromatic rings. The number of rotatable bonds is 5. The number of nitrogens with zero attached hydrogens (tertiary/aromatic N) is 1. The Morgan fingerprint density at radius 2 is 2.09 bits per heavy atom. The van der Waals surface area contributed by atoms with Crippen LogP contribution in [0.1, 0.15) is 25.3 Å². The minimum absolute atomic E-state index is 0.218. The third-order valence-electron chi connectivity index (χ3n) is 3.44. The van der Waals surface area contributed by atoms with Gasteiger partial charge in [0.25, 0.3) is 11.4 Å². The molecule has 1 aliphatic rings. The molecule has 1 unspecified atom stereocenters. The van der Waals surface area contributed by atoms with Gasteiger partial charge in [-0.25, -0.2) is 9.59 Å². The largest absolute Gasteiger partial charge is 0.479 e. The number of carbonyl (C=O) groups is 1. The highest BCUT2D eigenvalue weighted by Crippen LogP contribution is 2.44. The molecule has 0 spiro atoms. The Bertz CT molecular complexity index is 719. The van der Waals surface area contributed by atoms with Crippen LogP contribution < -0.4 is 11.2 Å². The Morgan fingerprint density at radius 3 is 2.64 bits per heavy atom. The highest BCUT2D eigenvalue weighted by molar-refractivity contribution is 7.53. The van der Waals surface area contributed by atoms with Crippen molar-refractivity contribution in [3.63, 3.8) is 0 Å². The molecule has 0 saturated heterocycles. The molecule has 0 amide bonds. The van der Waals surface area contributed by atoms with Crippen LogP contribution in [0.2, 0.25) is 0 Å². The zero-order valence-corrected chi connectivity index (χ0v) is 12.2. The number of hydrogen-bond donors (Lipinski definition) is 4. The fourth-order valence-corrected chi connectivity index (χ4v) is 3.09. The molecule has 3 atom stereocenters. The first-order valence-electron chi connectivity index (χ1n) is 6.43. The summed E-state index contributed by atoms with van der Waals surface area (Å²) in [4.78, 5) is 53.6. The van der Waals surface area contributed by atoms with E-state index in [0.29, 0.717) is 12.8 Å². The average molecular weight is 334 g/mol. The zero-order valence-electron chi connectivity index (χ0n) is 11.3. The molecule has 1 heterocycles. The van der Waals surface area contributed by atoms with Crippen molar-refractivity contribution in [1.29, 1.82) is 0 Å². The van der Waals surface area contributed by atoms with E-state index in [1.165, 1.54) is 16.8 Å². The smallest absolute Gasteiger partial charge is 0.365 e. The van der Waals surface area contributed by atoms with E-state index in [2.05, 4.69) is 4.98 Å². The van der Waals surface area contributed by atoms with E-state index in [9.17, 15) is 18.9 Å². The molecule has 11 heteroatoms. The van der Waals surface area contributed by atoms with Gasteiger partial charge in [0.1, 0.15) is 0 Å². The summed E-state index contributed by atoms with van der Waals surface area (Å²) in [5, 5.41) is 8.81. The second-order valence-electron chi connectivity index (χ2n) is 5.02. The van der Waals surface area contributed by atoms with Crippen molar-refractivity contribution in [2.75, 3.05) is 0 Å². The second-order valence-corrected chi connectivity index (χ2v) is 6.67. The molecule has 0 radical (unpaired) electrons. The van der Waals surface area contributed by atoms with Crippen LogP contribution in [0.3, 0.4) is 0 Å². The van der Waals surface area contributed by atoms with E-state index in [-0.39, 0.29) is 12.5 Å². The highest BCUT2D eigenvalue weighted by Gasteiger charge is 2.40. The van der Waals surface area contributed by atoms with Crippen LogP contribution in [0.25, 0.3) is 0 Å². The molecular formula is C11H15N2O8P. The number of ether oxygens (including phenoxy) is 1. The van der Waals surface area contributed by atoms with Crippen LogP contribution >= 0.6 is 7.60 Å². The Morgan fingerprint density at radius 1 is 1.41 bits per heavy atom. The summed E-state index contributed by atoms with van der Waals surface area (Å²) in [7, 11) is -4.93. The van der Waals surface area contributed by atoms with Crippen molar-refractivity contribution >= 4 is 13.6 Å². The Kier molecular flexibility index (Phi) is 4.66. The second kappa shape index (κ2) is 6.17. The van der Waals surface area contributed by atoms with Crippen LogP contribution in [0.15, 0.2) is 21.9 Å². The summed E-state index contributed by atoms with van der Waals surface area (Å²) in [5.41, 5.74) is -1.12. The van der Waals surface area contributed by atoms with Gasteiger partial charge < -0.3 is 19.6 Å². The molecule has 1 fully saturated rings. The third kappa shape index (κ3) is 3.72. The number of aromatic nitrogens is 2. The topological polar surface area (TPSA) is 159 Å². The van der Waals surface area contributed by atoms with Crippen LogP contribution in [0, 0.1) is 0 Å². The molecule has 0 aromatic carbocycles. The van der Waals surface area contributed by atoms with Gasteiger partial charge in [0.2, 0.25) is 0 Å². The molecule has 1 aliphatic carbocycles. The third-order valence-corrected chi connectivity index (χ3v) is 4.39. The maximum atomic E-state index is 11.7. The highest BCUT2D eigenvalue weighted by atomic mass is 31.2. The number of hydrogen-bond acceptors (Lipinski definition) is 5. The van der Waals surface area contributed by atoms with E-state index in [0.717, 1.165) is 0 Å². The molecule has 0 bridgehead atoms. The van der Waals surface area contributed by atoms with Gasteiger partial charge in [-0.2, -0.15) is 0 Å². The first-order valence-corrected chi connectivity index (χ1v) is 8.11. The predicted molar refractivity (Wildman–Crippen MR) is 72.6 cm³/mol. The number of aromatic amines is 1. The fourth-order valence-electron chi connectivity index (χ4n) is 2.47. The Hall–Kier alpha value is -1.74. The Balaban J connectivity index is 2.09. The van der Waals surface area contributed by atoms with E-state index < -0.39 is 36.8 Å². The first kappa shape index (κ1) is 16.6. The predicted octanol–water partition coefficient (Wildman–Crippen LogP) is -0.765. The average Bonchev–Trinajstić information content (AvgIpc) is 2.82. The maximum absolute atomic E-state index is 11.7. The van der Waals surface area contributed by atoms with Crippen LogP contribution in [0.4, 0.5) is 0 Å². The lowest BCUT2D eigenvalue weighted by Gasteiger charge is -2.20. The van der Waals surface area contributed by atoms with Gasteiger partial charge in [-0.1, -0.05) is 0 Å². The van der Waals surface area contributed by atoms with Crippen LogP contribution in [0.5, 0.6) is 0 Å². The van der Waals surface area contributed by atoms with E-state index in [1.54, 1.807) is 0 Å². The maximum Gasteiger partial charge on any atom is 0.365 e. The van der Waals surface area contributed by atoms with E-state index in [1.807, 2.05) is 0 Å². The van der Waals surface area contributed by atoms with E-state index in [4.69, 9.17) is 19.6 Å². The summed E-state index contributed by atoms with van der Waals surface area (Å²) in [6.07, 6.45) is 1.66. The zero-order chi connectivity index (χ0) is 16.5. The standard InChI is InChI=1S/C11H15N2O8P/c14-8-3-4-13(11(17)12-8)6-1-2-7(5-6)21-10(9(15)16)22(18,19)20/h3-4,6-7,10H,1-2,5H2,(H,15,16)(H,12,14,17)(H2,18,19,20)/t6-,7+,10?/m0/s1. The summed E-state index contributed by atoms with van der Waals surface area (Å²) < 4.78 is 17.4. The number of nitrogens with one attached hydrogen (secondary N) is 1. The number of carboxylic acids is 1. The van der Waals surface area contributed by atoms with Gasteiger partial charge in [-0.3, -0.25) is 18.9 Å². The molecule has 1 saturated carbocycles. The van der Waals surface area contributed by atoms with Crippen LogP contribution in [-0.4, -0.2) is 42.4 Å². The van der Waals surface area contributed by atoms with Crippen molar-refractivity contribution < 1.29 is 29.0 Å². The summed E-state index contributed by atoms with van der Waals surface area (Å²) in [6, 6.07) is 0.853. The minimum atomic E-state index is -4.93. The van der Waals surface area contributed by atoms with E-state index >= 15 is 0 Å². The van der Waals surface area contributed by atoms with Crippen molar-refractivity contribution in [2.24, 2.45) is 0 Å². The first-order chi connectivity index (χ1) is 10.2. The number of carboxylic acid groups (broad SMARTS) is 1. The minimum Gasteiger partial charge on any atom is -0.479 e. The number of aliphatic carboxylic acids is 1. The molecule has 1 aromatic heterocycles. The van der Waals surface area contributed by atoms with Gasteiger partial charge >= 0.3 is 19.3 Å². The lowest BCUT2D eigenvalue weighted by Crippen LogP contribution is -2.31.